The lowest BCUT2D eigenvalue weighted by Crippen LogP contribution is -1.95. The van der Waals surface area contributed by atoms with Gasteiger partial charge in [-0.1, -0.05) is 26.0 Å². The highest BCUT2D eigenvalue weighted by atomic mass is 19.1. The number of rotatable bonds is 4. The molecule has 0 atom stereocenters. The summed E-state index contributed by atoms with van der Waals surface area (Å²) in [6.07, 6.45) is 1.30. The molecule has 1 aromatic carbocycles. The number of halogens is 1. The SMILES string of the molecule is CC.O=C(O)CCCc1cccc(F)c1. The van der Waals surface area contributed by atoms with Gasteiger partial charge in [-0.05, 0) is 30.5 Å². The average Bonchev–Trinajstić information content (AvgIpc) is 2.20. The number of hydrogen-bond acceptors (Lipinski definition) is 1. The summed E-state index contributed by atoms with van der Waals surface area (Å²) in [4.78, 5) is 10.2. The van der Waals surface area contributed by atoms with E-state index < -0.39 is 5.97 Å². The van der Waals surface area contributed by atoms with Gasteiger partial charge in [0.1, 0.15) is 5.82 Å². The fourth-order valence-corrected chi connectivity index (χ4v) is 1.14. The highest BCUT2D eigenvalue weighted by Crippen LogP contribution is 2.07. The Labute approximate surface area is 89.7 Å². The third-order valence-electron chi connectivity index (χ3n) is 1.75. The monoisotopic (exact) mass is 212 g/mol. The second-order valence-electron chi connectivity index (χ2n) is 2.88. The van der Waals surface area contributed by atoms with Crippen molar-refractivity contribution in [1.82, 2.24) is 0 Å². The molecular formula is C12H17FO2. The van der Waals surface area contributed by atoms with Crippen molar-refractivity contribution >= 4 is 5.97 Å². The van der Waals surface area contributed by atoms with E-state index in [2.05, 4.69) is 0 Å². The van der Waals surface area contributed by atoms with E-state index in [1.165, 1.54) is 12.1 Å². The van der Waals surface area contributed by atoms with E-state index in [0.717, 1.165) is 5.56 Å². The van der Waals surface area contributed by atoms with Crippen LogP contribution in [0, 0.1) is 5.82 Å². The van der Waals surface area contributed by atoms with Crippen LogP contribution in [-0.4, -0.2) is 11.1 Å². The number of carboxylic acid groups (broad SMARTS) is 1. The van der Waals surface area contributed by atoms with Gasteiger partial charge in [-0.15, -0.1) is 0 Å². The summed E-state index contributed by atoms with van der Waals surface area (Å²) >= 11 is 0. The second kappa shape index (κ2) is 7.97. The molecule has 0 heterocycles. The molecule has 0 aliphatic heterocycles. The van der Waals surface area contributed by atoms with Gasteiger partial charge in [0.2, 0.25) is 0 Å². The lowest BCUT2D eigenvalue weighted by atomic mass is 10.1. The molecule has 15 heavy (non-hydrogen) atoms. The van der Waals surface area contributed by atoms with Crippen molar-refractivity contribution in [3.63, 3.8) is 0 Å². The topological polar surface area (TPSA) is 37.3 Å². The molecule has 0 radical (unpaired) electrons. The lowest BCUT2D eigenvalue weighted by Gasteiger charge is -1.98. The van der Waals surface area contributed by atoms with Gasteiger partial charge in [0.05, 0.1) is 0 Å². The minimum Gasteiger partial charge on any atom is -0.481 e. The first-order valence-corrected chi connectivity index (χ1v) is 5.15. The maximum absolute atomic E-state index is 12.6. The van der Waals surface area contributed by atoms with Crippen molar-refractivity contribution in [2.75, 3.05) is 0 Å². The molecule has 1 N–H and O–H groups in total. The van der Waals surface area contributed by atoms with Crippen LogP contribution < -0.4 is 0 Å². The van der Waals surface area contributed by atoms with Crippen molar-refractivity contribution in [2.24, 2.45) is 0 Å². The van der Waals surface area contributed by atoms with Gasteiger partial charge in [-0.3, -0.25) is 4.79 Å². The smallest absolute Gasteiger partial charge is 0.303 e. The first kappa shape index (κ1) is 13.6. The fraction of sp³-hybridized carbons (Fsp3) is 0.417. The van der Waals surface area contributed by atoms with Crippen LogP contribution in [0.5, 0.6) is 0 Å². The Bertz CT molecular complexity index is 297. The average molecular weight is 212 g/mol. The van der Waals surface area contributed by atoms with Gasteiger partial charge in [0, 0.05) is 6.42 Å². The van der Waals surface area contributed by atoms with Crippen molar-refractivity contribution in [2.45, 2.75) is 33.1 Å². The normalized spacial score (nSPS) is 9.00. The summed E-state index contributed by atoms with van der Waals surface area (Å²) in [6.45, 7) is 4.00. The Morgan fingerprint density at radius 3 is 2.60 bits per heavy atom. The number of carboxylic acids is 1. The Balaban J connectivity index is 0.000000921. The predicted molar refractivity (Wildman–Crippen MR) is 58.3 cm³/mol. The zero-order chi connectivity index (χ0) is 11.7. The third-order valence-corrected chi connectivity index (χ3v) is 1.75. The molecule has 0 aliphatic carbocycles. The maximum atomic E-state index is 12.6. The minimum absolute atomic E-state index is 0.135. The number of aryl methyl sites for hydroxylation is 1. The van der Waals surface area contributed by atoms with Crippen molar-refractivity contribution in [3.8, 4) is 0 Å². The Morgan fingerprint density at radius 1 is 1.40 bits per heavy atom. The van der Waals surface area contributed by atoms with E-state index in [1.807, 2.05) is 13.8 Å². The van der Waals surface area contributed by atoms with Gasteiger partial charge in [0.25, 0.3) is 0 Å². The zero-order valence-corrected chi connectivity index (χ0v) is 9.16. The molecule has 0 unspecified atom stereocenters. The highest BCUT2D eigenvalue weighted by molar-refractivity contribution is 5.66. The summed E-state index contributed by atoms with van der Waals surface area (Å²) in [5.74, 6) is -1.08. The molecule has 2 nitrogen and oxygen atoms in total. The lowest BCUT2D eigenvalue weighted by molar-refractivity contribution is -0.137. The summed E-state index contributed by atoms with van der Waals surface area (Å²) in [6, 6.07) is 6.24. The van der Waals surface area contributed by atoms with Crippen LogP contribution >= 0.6 is 0 Å². The molecule has 84 valence electrons. The first-order chi connectivity index (χ1) is 7.18. The number of benzene rings is 1. The van der Waals surface area contributed by atoms with Crippen LogP contribution in [0.4, 0.5) is 4.39 Å². The molecule has 1 aromatic rings. The van der Waals surface area contributed by atoms with Gasteiger partial charge < -0.3 is 5.11 Å². The fourth-order valence-electron chi connectivity index (χ4n) is 1.14. The van der Waals surface area contributed by atoms with Crippen LogP contribution in [0.25, 0.3) is 0 Å². The van der Waals surface area contributed by atoms with E-state index in [1.54, 1.807) is 12.1 Å². The molecule has 0 aliphatic rings. The van der Waals surface area contributed by atoms with E-state index in [0.29, 0.717) is 12.8 Å². The van der Waals surface area contributed by atoms with Gasteiger partial charge in [-0.25, -0.2) is 4.39 Å². The van der Waals surface area contributed by atoms with Crippen molar-refractivity contribution in [3.05, 3.63) is 35.6 Å². The Hall–Kier alpha value is -1.38. The van der Waals surface area contributed by atoms with Gasteiger partial charge >= 0.3 is 5.97 Å². The van der Waals surface area contributed by atoms with E-state index in [4.69, 9.17) is 5.11 Å². The van der Waals surface area contributed by atoms with Crippen LogP contribution in [0.15, 0.2) is 24.3 Å². The van der Waals surface area contributed by atoms with Crippen LogP contribution in [0.2, 0.25) is 0 Å². The number of aliphatic carboxylic acids is 1. The molecule has 0 saturated heterocycles. The molecule has 0 amide bonds. The van der Waals surface area contributed by atoms with Crippen molar-refractivity contribution in [1.29, 1.82) is 0 Å². The molecule has 0 spiro atoms. The summed E-state index contributed by atoms with van der Waals surface area (Å²) in [5, 5.41) is 8.37. The first-order valence-electron chi connectivity index (χ1n) is 5.15. The van der Waals surface area contributed by atoms with Gasteiger partial charge in [0.15, 0.2) is 0 Å². The standard InChI is InChI=1S/C10H11FO2.C2H6/c11-9-5-1-3-8(7-9)4-2-6-10(12)13;1-2/h1,3,5,7H,2,4,6H2,(H,12,13);1-2H3. The quantitative estimate of drug-likeness (QED) is 0.831. The Kier molecular flexibility index (Phi) is 7.24. The molecule has 0 aromatic heterocycles. The van der Waals surface area contributed by atoms with Crippen molar-refractivity contribution < 1.29 is 14.3 Å². The third kappa shape index (κ3) is 6.66. The Morgan fingerprint density at radius 2 is 2.07 bits per heavy atom. The molecule has 0 saturated carbocycles. The molecule has 0 bridgehead atoms. The summed E-state index contributed by atoms with van der Waals surface area (Å²) < 4.78 is 12.6. The largest absolute Gasteiger partial charge is 0.481 e. The maximum Gasteiger partial charge on any atom is 0.303 e. The van der Waals surface area contributed by atoms with Crippen LogP contribution in [0.1, 0.15) is 32.3 Å². The highest BCUT2D eigenvalue weighted by Gasteiger charge is 1.98. The van der Waals surface area contributed by atoms with Crippen LogP contribution in [0.3, 0.4) is 0 Å². The van der Waals surface area contributed by atoms with E-state index >= 15 is 0 Å². The summed E-state index contributed by atoms with van der Waals surface area (Å²) in [7, 11) is 0. The van der Waals surface area contributed by atoms with Crippen LogP contribution in [-0.2, 0) is 11.2 Å². The predicted octanol–water partition coefficient (Wildman–Crippen LogP) is 3.26. The van der Waals surface area contributed by atoms with E-state index in [-0.39, 0.29) is 12.2 Å². The number of carbonyl (C=O) groups is 1. The zero-order valence-electron chi connectivity index (χ0n) is 9.16. The molecule has 0 fully saturated rings. The van der Waals surface area contributed by atoms with E-state index in [9.17, 15) is 9.18 Å². The van der Waals surface area contributed by atoms with Gasteiger partial charge in [-0.2, -0.15) is 0 Å². The number of hydrogen-bond donors (Lipinski definition) is 1. The minimum atomic E-state index is -0.809. The molecule has 3 heteroatoms. The second-order valence-corrected chi connectivity index (χ2v) is 2.88. The summed E-state index contributed by atoms with van der Waals surface area (Å²) in [5.41, 5.74) is 0.848. The molecular weight excluding hydrogens is 195 g/mol. The molecule has 1 rings (SSSR count).